The van der Waals surface area contributed by atoms with Crippen LogP contribution in [0.5, 0.6) is 0 Å². The molecule has 0 aromatic heterocycles. The summed E-state index contributed by atoms with van der Waals surface area (Å²) in [6.07, 6.45) is 3.19. The zero-order valence-corrected chi connectivity index (χ0v) is 3.76. The molecule has 2 heteroatoms. The SMILES string of the molecule is C=CC([C]=O)C=O. The molecule has 0 N–H and O–H groups in total. The van der Waals surface area contributed by atoms with Crippen LogP contribution in [0.15, 0.2) is 12.7 Å². The average Bonchev–Trinajstić information content (AvgIpc) is 1.72. The van der Waals surface area contributed by atoms with Gasteiger partial charge in [-0.25, -0.2) is 0 Å². The molecular weight excluding hydrogens is 92.1 g/mol. The quantitative estimate of drug-likeness (QED) is 0.284. The molecule has 0 rings (SSSR count). The van der Waals surface area contributed by atoms with Crippen LogP contribution < -0.4 is 0 Å². The van der Waals surface area contributed by atoms with Crippen molar-refractivity contribution in [2.75, 3.05) is 0 Å². The lowest BCUT2D eigenvalue weighted by Crippen LogP contribution is -1.96. The van der Waals surface area contributed by atoms with E-state index in [2.05, 4.69) is 6.58 Å². The van der Waals surface area contributed by atoms with E-state index in [1.807, 2.05) is 0 Å². The number of hydrogen-bond donors (Lipinski definition) is 0. The Bertz CT molecular complexity index is 67.1. The van der Waals surface area contributed by atoms with E-state index in [9.17, 15) is 9.59 Å². The molecule has 37 valence electrons. The molecule has 2 nitrogen and oxygen atoms in total. The summed E-state index contributed by atoms with van der Waals surface area (Å²) in [6, 6.07) is 0. The lowest BCUT2D eigenvalue weighted by atomic mass is 10.2. The van der Waals surface area contributed by atoms with E-state index in [0.29, 0.717) is 6.29 Å². The number of hydrogen-bond acceptors (Lipinski definition) is 2. The predicted octanol–water partition coefficient (Wildman–Crippen LogP) is 0.0972. The monoisotopic (exact) mass is 97.0 g/mol. The summed E-state index contributed by atoms with van der Waals surface area (Å²) in [4.78, 5) is 19.2. The molecule has 0 amide bonds. The molecule has 0 aliphatic heterocycles. The first kappa shape index (κ1) is 6.08. The first-order chi connectivity index (χ1) is 3.35. The minimum atomic E-state index is -0.736. The van der Waals surface area contributed by atoms with Crippen molar-refractivity contribution in [3.8, 4) is 0 Å². The Hall–Kier alpha value is -0.920. The van der Waals surface area contributed by atoms with Gasteiger partial charge in [-0.2, -0.15) is 0 Å². The number of aldehydes is 1. The van der Waals surface area contributed by atoms with Crippen LogP contribution in [0.2, 0.25) is 0 Å². The minimum Gasteiger partial charge on any atom is -0.302 e. The molecule has 0 aliphatic rings. The van der Waals surface area contributed by atoms with Gasteiger partial charge in [0.25, 0.3) is 0 Å². The number of carbonyl (C=O) groups is 1. The molecule has 1 unspecified atom stereocenters. The van der Waals surface area contributed by atoms with Crippen molar-refractivity contribution in [3.05, 3.63) is 12.7 Å². The summed E-state index contributed by atoms with van der Waals surface area (Å²) in [5, 5.41) is 0. The number of carbonyl (C=O) groups excluding carboxylic acids is 2. The van der Waals surface area contributed by atoms with Crippen molar-refractivity contribution in [3.63, 3.8) is 0 Å². The topological polar surface area (TPSA) is 34.1 Å². The molecule has 7 heavy (non-hydrogen) atoms. The van der Waals surface area contributed by atoms with Crippen molar-refractivity contribution in [1.29, 1.82) is 0 Å². The van der Waals surface area contributed by atoms with Crippen LogP contribution >= 0.6 is 0 Å². The summed E-state index contributed by atoms with van der Waals surface area (Å²) in [7, 11) is 0. The fourth-order valence-corrected chi connectivity index (χ4v) is 0.131. The highest BCUT2D eigenvalue weighted by Crippen LogP contribution is 1.82. The van der Waals surface area contributed by atoms with Crippen LogP contribution in [-0.2, 0) is 9.59 Å². The van der Waals surface area contributed by atoms with Gasteiger partial charge in [0.15, 0.2) is 0 Å². The smallest absolute Gasteiger partial charge is 0.213 e. The van der Waals surface area contributed by atoms with Gasteiger partial charge in [-0.1, -0.05) is 6.08 Å². The van der Waals surface area contributed by atoms with Crippen molar-refractivity contribution >= 4 is 12.6 Å². The zero-order chi connectivity index (χ0) is 5.70. The van der Waals surface area contributed by atoms with Gasteiger partial charge < -0.3 is 4.79 Å². The molecule has 0 saturated carbocycles. The molecule has 1 atom stereocenters. The van der Waals surface area contributed by atoms with Crippen molar-refractivity contribution < 1.29 is 9.59 Å². The average molecular weight is 97.1 g/mol. The Morgan fingerprint density at radius 2 is 2.29 bits per heavy atom. The van der Waals surface area contributed by atoms with E-state index in [4.69, 9.17) is 0 Å². The Labute approximate surface area is 41.8 Å². The maximum atomic E-state index is 9.63. The Balaban J connectivity index is 3.57. The van der Waals surface area contributed by atoms with E-state index < -0.39 is 5.92 Å². The summed E-state index contributed by atoms with van der Waals surface area (Å²) >= 11 is 0. The molecule has 0 spiro atoms. The summed E-state index contributed by atoms with van der Waals surface area (Å²) in [5.41, 5.74) is 0. The third kappa shape index (κ3) is 1.87. The van der Waals surface area contributed by atoms with Crippen LogP contribution in [0.4, 0.5) is 0 Å². The fourth-order valence-electron chi connectivity index (χ4n) is 0.131. The highest BCUT2D eigenvalue weighted by Gasteiger charge is 1.95. The lowest BCUT2D eigenvalue weighted by molar-refractivity contribution is -0.108. The molecule has 0 heterocycles. The van der Waals surface area contributed by atoms with Gasteiger partial charge in [0.05, 0.1) is 5.92 Å². The van der Waals surface area contributed by atoms with Crippen molar-refractivity contribution in [2.45, 2.75) is 0 Å². The molecule has 0 aromatic rings. The van der Waals surface area contributed by atoms with E-state index in [1.54, 1.807) is 0 Å². The van der Waals surface area contributed by atoms with E-state index in [0.717, 1.165) is 0 Å². The highest BCUT2D eigenvalue weighted by molar-refractivity contribution is 5.80. The Kier molecular flexibility index (Phi) is 2.85. The molecular formula is C5H5O2. The third-order valence-corrected chi connectivity index (χ3v) is 0.537. The molecule has 0 bridgehead atoms. The van der Waals surface area contributed by atoms with E-state index in [-0.39, 0.29) is 0 Å². The summed E-state index contributed by atoms with van der Waals surface area (Å²) in [5.74, 6) is -0.736. The van der Waals surface area contributed by atoms with Gasteiger partial charge in [0, 0.05) is 0 Å². The summed E-state index contributed by atoms with van der Waals surface area (Å²) in [6.45, 7) is 3.21. The second-order valence-corrected chi connectivity index (χ2v) is 1.02. The minimum absolute atomic E-state index is 0.486. The van der Waals surface area contributed by atoms with Crippen LogP contribution in [0.25, 0.3) is 0 Å². The zero-order valence-electron chi connectivity index (χ0n) is 3.76. The van der Waals surface area contributed by atoms with E-state index >= 15 is 0 Å². The molecule has 0 aromatic carbocycles. The van der Waals surface area contributed by atoms with E-state index in [1.165, 1.54) is 12.4 Å². The van der Waals surface area contributed by atoms with Crippen LogP contribution in [0.3, 0.4) is 0 Å². The normalized spacial score (nSPS) is 8.14. The van der Waals surface area contributed by atoms with Gasteiger partial charge in [-0.3, -0.25) is 4.79 Å². The van der Waals surface area contributed by atoms with Crippen LogP contribution in [-0.4, -0.2) is 12.6 Å². The first-order valence-electron chi connectivity index (χ1n) is 1.80. The molecule has 0 fully saturated rings. The standard InChI is InChI=1S/C5H5O2/c1-2-5(3-6)4-7/h2-3,5H,1H2. The van der Waals surface area contributed by atoms with Gasteiger partial charge >= 0.3 is 0 Å². The van der Waals surface area contributed by atoms with Gasteiger partial charge in [-0.05, 0) is 0 Å². The number of rotatable bonds is 3. The lowest BCUT2D eigenvalue weighted by Gasteiger charge is -1.81. The van der Waals surface area contributed by atoms with Crippen molar-refractivity contribution in [2.24, 2.45) is 5.92 Å². The van der Waals surface area contributed by atoms with Crippen molar-refractivity contribution in [1.82, 2.24) is 0 Å². The molecule has 1 radical (unpaired) electrons. The van der Waals surface area contributed by atoms with Gasteiger partial charge in [-0.15, -0.1) is 6.58 Å². The maximum Gasteiger partial charge on any atom is 0.213 e. The second kappa shape index (κ2) is 3.28. The molecule has 0 saturated heterocycles. The largest absolute Gasteiger partial charge is 0.302 e. The Morgan fingerprint density at radius 1 is 1.71 bits per heavy atom. The Morgan fingerprint density at radius 3 is 2.29 bits per heavy atom. The second-order valence-electron chi connectivity index (χ2n) is 1.02. The maximum absolute atomic E-state index is 9.63. The third-order valence-electron chi connectivity index (χ3n) is 0.537. The first-order valence-corrected chi connectivity index (χ1v) is 1.80. The highest BCUT2D eigenvalue weighted by atomic mass is 16.1. The van der Waals surface area contributed by atoms with Gasteiger partial charge in [0.1, 0.15) is 6.29 Å². The predicted molar refractivity (Wildman–Crippen MR) is 25.4 cm³/mol. The summed E-state index contributed by atoms with van der Waals surface area (Å²) < 4.78 is 0. The fraction of sp³-hybridized carbons (Fsp3) is 0.200. The molecule has 0 aliphatic carbocycles. The van der Waals surface area contributed by atoms with Crippen LogP contribution in [0.1, 0.15) is 0 Å². The number of allylic oxidation sites excluding steroid dienone is 1. The van der Waals surface area contributed by atoms with Gasteiger partial charge in [0.2, 0.25) is 6.29 Å². The van der Waals surface area contributed by atoms with Crippen LogP contribution in [0, 0.1) is 5.92 Å².